The van der Waals surface area contributed by atoms with Crippen molar-refractivity contribution < 1.29 is 14.3 Å². The number of aliphatic hydroxyl groups is 1. The second-order valence-electron chi connectivity index (χ2n) is 11.6. The van der Waals surface area contributed by atoms with Gasteiger partial charge in [0, 0.05) is 12.0 Å². The maximum Gasteiger partial charge on any atom is 0.250 e. The van der Waals surface area contributed by atoms with Gasteiger partial charge in [-0.1, -0.05) is 66.2 Å². The van der Waals surface area contributed by atoms with Crippen molar-refractivity contribution in [3.63, 3.8) is 0 Å². The second kappa shape index (κ2) is 8.70. The van der Waals surface area contributed by atoms with Crippen LogP contribution in [0.2, 0.25) is 18.1 Å². The molecule has 1 saturated carbocycles. The molecule has 30 heavy (non-hydrogen) atoms. The number of allylic oxidation sites excluding steroid dienone is 1. The Morgan fingerprint density at radius 1 is 1.23 bits per heavy atom. The molecule has 1 aliphatic rings. The zero-order valence-electron chi connectivity index (χ0n) is 20.8. The number of hydrogen-bond acceptors (Lipinski definition) is 3. The summed E-state index contributed by atoms with van der Waals surface area (Å²) in [5.41, 5.74) is 1.00. The second-order valence-corrected chi connectivity index (χ2v) is 16.3. The minimum absolute atomic E-state index is 0.0586. The molecule has 3 atom stereocenters. The van der Waals surface area contributed by atoms with Crippen molar-refractivity contribution in [2.24, 2.45) is 16.7 Å². The van der Waals surface area contributed by atoms with Gasteiger partial charge in [-0.05, 0) is 53.8 Å². The molecule has 0 aromatic heterocycles. The van der Waals surface area contributed by atoms with Crippen molar-refractivity contribution in [3.8, 4) is 11.5 Å². The monoisotopic (exact) mass is 432 g/mol. The predicted octanol–water partition coefficient (Wildman–Crippen LogP) is 7.00. The molecular weight excluding hydrogens is 388 g/mol. The Morgan fingerprint density at radius 2 is 1.87 bits per heavy atom. The quantitative estimate of drug-likeness (QED) is 0.372. The number of ether oxygens (including phenoxy) is 1. The first-order chi connectivity index (χ1) is 13.7. The van der Waals surface area contributed by atoms with Crippen molar-refractivity contribution in [3.05, 3.63) is 36.4 Å². The van der Waals surface area contributed by atoms with E-state index in [1.807, 2.05) is 12.1 Å². The first-order valence-corrected chi connectivity index (χ1v) is 14.3. The van der Waals surface area contributed by atoms with Gasteiger partial charge in [-0.3, -0.25) is 0 Å². The largest absolute Gasteiger partial charge is 0.541 e. The number of hydrogen-bond donors (Lipinski definition) is 1. The maximum atomic E-state index is 11.5. The van der Waals surface area contributed by atoms with E-state index in [0.717, 1.165) is 29.9 Å². The van der Waals surface area contributed by atoms with Crippen molar-refractivity contribution in [1.29, 1.82) is 0 Å². The molecule has 1 aromatic rings. The number of para-hydroxylation sites is 1. The molecule has 1 unspecified atom stereocenters. The van der Waals surface area contributed by atoms with Crippen LogP contribution in [0, 0.1) is 16.7 Å². The molecule has 0 aliphatic heterocycles. The molecule has 1 N–H and O–H groups in total. The predicted molar refractivity (Wildman–Crippen MR) is 130 cm³/mol. The summed E-state index contributed by atoms with van der Waals surface area (Å²) >= 11 is 0. The molecule has 0 heterocycles. The van der Waals surface area contributed by atoms with Crippen molar-refractivity contribution in [2.45, 2.75) is 91.5 Å². The molecule has 1 fully saturated rings. The Hall–Kier alpha value is -1.26. The molecule has 0 radical (unpaired) electrons. The number of aliphatic hydroxyl groups excluding tert-OH is 1. The van der Waals surface area contributed by atoms with Crippen LogP contribution in [-0.4, -0.2) is 26.6 Å². The van der Waals surface area contributed by atoms with Gasteiger partial charge in [0.2, 0.25) is 0 Å². The average Bonchev–Trinajstić information content (AvgIpc) is 2.59. The van der Waals surface area contributed by atoms with E-state index in [1.165, 1.54) is 6.42 Å². The molecule has 0 spiro atoms. The fourth-order valence-corrected chi connectivity index (χ4v) is 6.14. The standard InChI is InChI=1S/C26H44O3Si/c1-11-26(7)17-13-16-25(5,6)23(26)20(27)18-19-14-12-15-21(22(19)28-8)29-30(9,10)24(2,3)4/h11-12,14-15,20,23,27H,1,13,16-18H2,2-10H3/t20?,23-,26-/m1/s1. The summed E-state index contributed by atoms with van der Waals surface area (Å²) in [6, 6.07) is 6.07. The van der Waals surface area contributed by atoms with Crippen molar-refractivity contribution >= 4 is 8.32 Å². The van der Waals surface area contributed by atoms with Gasteiger partial charge < -0.3 is 14.3 Å². The maximum absolute atomic E-state index is 11.5. The van der Waals surface area contributed by atoms with Gasteiger partial charge in [-0.25, -0.2) is 0 Å². The molecule has 1 aromatic carbocycles. The highest BCUT2D eigenvalue weighted by atomic mass is 28.4. The zero-order chi connectivity index (χ0) is 23.0. The summed E-state index contributed by atoms with van der Waals surface area (Å²) in [6.07, 6.45) is 5.53. The summed E-state index contributed by atoms with van der Waals surface area (Å²) in [5.74, 6) is 1.70. The summed E-state index contributed by atoms with van der Waals surface area (Å²) in [7, 11) is -0.300. The van der Waals surface area contributed by atoms with Gasteiger partial charge >= 0.3 is 0 Å². The van der Waals surface area contributed by atoms with Gasteiger partial charge in [0.15, 0.2) is 5.75 Å². The zero-order valence-corrected chi connectivity index (χ0v) is 21.8. The molecule has 170 valence electrons. The SMILES string of the molecule is C=C[C@]1(C)CCCC(C)(C)[C@H]1C(O)Cc1cccc(O[Si](C)(C)C(C)(C)C)c1OC. The fraction of sp³-hybridized carbons (Fsp3) is 0.692. The smallest absolute Gasteiger partial charge is 0.250 e. The lowest BCUT2D eigenvalue weighted by Gasteiger charge is -2.51. The Labute approximate surface area is 186 Å². The van der Waals surface area contributed by atoms with E-state index in [0.29, 0.717) is 6.42 Å². The molecule has 0 amide bonds. The van der Waals surface area contributed by atoms with Crippen molar-refractivity contribution in [1.82, 2.24) is 0 Å². The molecule has 0 bridgehead atoms. The number of methoxy groups -OCH3 is 1. The molecule has 4 heteroatoms. The molecule has 1 aliphatic carbocycles. The van der Waals surface area contributed by atoms with E-state index >= 15 is 0 Å². The van der Waals surface area contributed by atoms with E-state index in [1.54, 1.807) is 7.11 Å². The highest BCUT2D eigenvalue weighted by Crippen LogP contribution is 2.54. The molecule has 2 rings (SSSR count). The summed E-state index contributed by atoms with van der Waals surface area (Å²) in [6.45, 7) is 22.1. The molecule has 0 saturated heterocycles. The molecular formula is C26H44O3Si. The van der Waals surface area contributed by atoms with Crippen LogP contribution in [0.1, 0.15) is 66.4 Å². The average molecular weight is 433 g/mol. The summed E-state index contributed by atoms with van der Waals surface area (Å²) in [5, 5.41) is 11.6. The van der Waals surface area contributed by atoms with Gasteiger partial charge in [0.1, 0.15) is 5.75 Å². The third-order valence-electron chi connectivity index (χ3n) is 7.80. The first-order valence-electron chi connectivity index (χ1n) is 11.3. The van der Waals surface area contributed by atoms with E-state index < -0.39 is 14.4 Å². The first kappa shape index (κ1) is 25.0. The Balaban J connectivity index is 2.37. The van der Waals surface area contributed by atoms with Crippen LogP contribution in [0.5, 0.6) is 11.5 Å². The third kappa shape index (κ3) is 4.96. The Kier molecular flexibility index (Phi) is 7.25. The minimum Gasteiger partial charge on any atom is -0.541 e. The van der Waals surface area contributed by atoms with Crippen LogP contribution in [0.4, 0.5) is 0 Å². The van der Waals surface area contributed by atoms with Gasteiger partial charge in [0.25, 0.3) is 8.32 Å². The lowest BCUT2D eigenvalue weighted by atomic mass is 9.54. The van der Waals surface area contributed by atoms with E-state index in [2.05, 4.69) is 73.4 Å². The van der Waals surface area contributed by atoms with Crippen LogP contribution in [-0.2, 0) is 6.42 Å². The lowest BCUT2D eigenvalue weighted by molar-refractivity contribution is -0.0585. The van der Waals surface area contributed by atoms with Crippen LogP contribution in [0.3, 0.4) is 0 Å². The third-order valence-corrected chi connectivity index (χ3v) is 12.1. The summed E-state index contributed by atoms with van der Waals surface area (Å²) in [4.78, 5) is 0. The van der Waals surface area contributed by atoms with E-state index in [9.17, 15) is 5.11 Å². The Bertz CT molecular complexity index is 747. The van der Waals surface area contributed by atoms with Crippen LogP contribution in [0.25, 0.3) is 0 Å². The highest BCUT2D eigenvalue weighted by molar-refractivity contribution is 6.74. The van der Waals surface area contributed by atoms with Crippen LogP contribution in [0.15, 0.2) is 30.9 Å². The van der Waals surface area contributed by atoms with Crippen LogP contribution < -0.4 is 9.16 Å². The lowest BCUT2D eigenvalue weighted by Crippen LogP contribution is -2.48. The normalized spacial score (nSPS) is 25.5. The van der Waals surface area contributed by atoms with E-state index in [-0.39, 0.29) is 21.8 Å². The van der Waals surface area contributed by atoms with Gasteiger partial charge in [-0.2, -0.15) is 0 Å². The summed E-state index contributed by atoms with van der Waals surface area (Å²) < 4.78 is 12.4. The van der Waals surface area contributed by atoms with E-state index in [4.69, 9.17) is 9.16 Å². The Morgan fingerprint density at radius 3 is 2.40 bits per heavy atom. The fourth-order valence-electron chi connectivity index (χ4n) is 5.12. The van der Waals surface area contributed by atoms with Gasteiger partial charge in [-0.15, -0.1) is 6.58 Å². The van der Waals surface area contributed by atoms with Gasteiger partial charge in [0.05, 0.1) is 13.2 Å². The highest BCUT2D eigenvalue weighted by Gasteiger charge is 2.48. The van der Waals surface area contributed by atoms with Crippen molar-refractivity contribution in [2.75, 3.05) is 7.11 Å². The minimum atomic E-state index is -2.00. The number of benzene rings is 1. The molecule has 3 nitrogen and oxygen atoms in total. The topological polar surface area (TPSA) is 38.7 Å². The van der Waals surface area contributed by atoms with Crippen LogP contribution >= 0.6 is 0 Å². The number of rotatable bonds is 7.